The Hall–Kier alpha value is -12.8. The van der Waals surface area contributed by atoms with Crippen molar-refractivity contribution >= 4 is 77.5 Å². The number of nitrogens with zero attached hydrogens (tertiary/aromatic N) is 9. The SMILES string of the molecule is CC(C)N1CCN(c2ccc(/C(=C(/CCCO)c3ccccc3)c3ccc(OS(C)(=O)=O)cc3)cc2)CC1.CN1CCN(Cc2ccc(/C(=C(/CCCO)c3ccccc3)c3ccc(O)cc3)cc2)CC1.CN1CCN(Cc2ccc(/C(=C(/CCCO)c3ccccc3)c3ccc([N+](=O)[O-])cc3)cc2)CC1.O=[N+]([O-])c1ccc(/C(=C(\CCCO)c2ccccc2)c2ccc(N3CCC4(CCCC4)C3)cc2)cc1. The molecule has 5 aliphatic rings. The Bertz CT molecular complexity index is 6230. The van der Waals surface area contributed by atoms with Gasteiger partial charge >= 0.3 is 10.1 Å². The number of hydrogen-bond donors (Lipinski definition) is 5. The minimum atomic E-state index is -3.61. The van der Waals surface area contributed by atoms with E-state index in [1.54, 1.807) is 48.5 Å². The minimum absolute atomic E-state index is 0.0762. The molecule has 5 fully saturated rings. The number of hydrogen-bond acceptors (Lipinski definition) is 19. The topological polar surface area (TPSA) is 253 Å². The standard InChI is InChI=1S/C31H38N2O4S.C31H34N2O3.C29H33N3O3.C29H34N2O2/c1-24(2)32-19-21-33(22-20-32)28-15-11-26(12-16-28)31(27-13-17-29(18-14-27)37-38(3,35)36)30(10-7-23-34)25-8-5-4-6-9-25;34-22-6-9-29(24-7-2-1-3-8-24)30(26-12-16-28(17-13-26)33(35)36)25-10-14-27(15-11-25)32-21-20-31(23-32)18-4-5-19-31;1-30-17-19-31(20-18-30)22-23-9-11-25(12-10-23)29(26-13-15-27(16-14-26)32(34)35)28(8-5-21-33)24-6-3-2-4-7-24;1-30-17-19-31(20-18-30)22-23-9-11-25(12-10-23)29(26-13-15-27(33)16-14-26)28(8-5-21-32)24-6-3-2-4-7-24/h4-6,8-9,11-18,24,34H,7,10,19-23H2,1-3H3;1-3,7-8,10-17,34H,4-6,9,18-23H2;2-4,6-7,9-16,33H,5,8,17-22H2,1H3;2-4,6-7,9-16,32-33H,5,8,17-22H2,1H3/b31-30+;30-29+;2*29-28+. The van der Waals surface area contributed by atoms with Crippen molar-refractivity contribution in [1.29, 1.82) is 0 Å². The number of nitro benzene ring substituents is 2. The minimum Gasteiger partial charge on any atom is -0.508 e. The molecule has 742 valence electrons. The molecule has 0 aromatic heterocycles. The van der Waals surface area contributed by atoms with Crippen LogP contribution in [0.5, 0.6) is 11.5 Å². The van der Waals surface area contributed by atoms with Gasteiger partial charge in [0.25, 0.3) is 11.4 Å². The first-order chi connectivity index (χ1) is 69.0. The van der Waals surface area contributed by atoms with Crippen molar-refractivity contribution in [2.75, 3.05) is 148 Å². The fourth-order valence-corrected chi connectivity index (χ4v) is 20.7. The maximum atomic E-state index is 11.6. The number of allylic oxidation sites excluding steroid dienone is 4. The molecule has 5 N–H and O–H groups in total. The van der Waals surface area contributed by atoms with Crippen molar-refractivity contribution in [3.8, 4) is 11.5 Å². The summed E-state index contributed by atoms with van der Waals surface area (Å²) in [6.45, 7) is 22.1. The Kier molecular flexibility index (Phi) is 38.6. The Morgan fingerprint density at radius 3 is 0.937 bits per heavy atom. The van der Waals surface area contributed by atoms with Gasteiger partial charge in [0, 0.05) is 173 Å². The summed E-state index contributed by atoms with van der Waals surface area (Å²) in [5.74, 6) is 0.542. The van der Waals surface area contributed by atoms with Crippen LogP contribution in [0, 0.1) is 25.6 Å². The zero-order valence-corrected chi connectivity index (χ0v) is 83.8. The molecule has 0 radical (unpaired) electrons. The van der Waals surface area contributed by atoms with Crippen LogP contribution >= 0.6 is 0 Å². The number of rotatable bonds is 35. The van der Waals surface area contributed by atoms with Crippen LogP contribution in [0.1, 0.15) is 175 Å². The smallest absolute Gasteiger partial charge is 0.306 e. The fourth-order valence-electron chi connectivity index (χ4n) is 20.2. The second-order valence-corrected chi connectivity index (χ2v) is 39.9. The summed E-state index contributed by atoms with van der Waals surface area (Å²) < 4.78 is 28.3. The van der Waals surface area contributed by atoms with Crippen molar-refractivity contribution in [1.82, 2.24) is 24.5 Å². The first-order valence-electron chi connectivity index (χ1n) is 50.3. The van der Waals surface area contributed by atoms with Crippen LogP contribution in [0.4, 0.5) is 22.7 Å². The number of nitro groups is 2. The van der Waals surface area contributed by atoms with Crippen LogP contribution in [0.2, 0.25) is 0 Å². The number of likely N-dealkylation sites (N-methyl/N-ethyl adjacent to an activating group) is 2. The van der Waals surface area contributed by atoms with Gasteiger partial charge in [-0.05, 0) is 299 Å². The maximum Gasteiger partial charge on any atom is 0.306 e. The van der Waals surface area contributed by atoms with Gasteiger partial charge in [-0.2, -0.15) is 8.42 Å². The van der Waals surface area contributed by atoms with Gasteiger partial charge in [0.2, 0.25) is 0 Å². The number of anilines is 2. The number of benzene rings is 12. The van der Waals surface area contributed by atoms with Gasteiger partial charge < -0.3 is 49.3 Å². The van der Waals surface area contributed by atoms with Gasteiger partial charge in [0.15, 0.2) is 0 Å². The maximum absolute atomic E-state index is 11.6. The number of aliphatic hydroxyl groups is 4. The van der Waals surface area contributed by atoms with Crippen LogP contribution in [0.3, 0.4) is 0 Å². The lowest BCUT2D eigenvalue weighted by Gasteiger charge is -2.38. The van der Waals surface area contributed by atoms with Gasteiger partial charge in [-0.25, -0.2) is 0 Å². The summed E-state index contributed by atoms with van der Waals surface area (Å²) in [5, 5.41) is 70.8. The highest BCUT2D eigenvalue weighted by Gasteiger charge is 2.40. The van der Waals surface area contributed by atoms with Crippen molar-refractivity contribution in [2.24, 2.45) is 5.41 Å². The number of phenolic OH excluding ortho intramolecular Hbond substituents is 1. The zero-order valence-electron chi connectivity index (χ0n) is 83.0. The molecule has 17 rings (SSSR count). The molecule has 4 aliphatic heterocycles. The van der Waals surface area contributed by atoms with E-state index < -0.39 is 10.1 Å². The molecule has 0 atom stereocenters. The second-order valence-electron chi connectivity index (χ2n) is 38.3. The van der Waals surface area contributed by atoms with Crippen LogP contribution in [0.25, 0.3) is 44.6 Å². The lowest BCUT2D eigenvalue weighted by Crippen LogP contribution is -2.48. The van der Waals surface area contributed by atoms with Crippen LogP contribution in [-0.4, -0.2) is 213 Å². The van der Waals surface area contributed by atoms with E-state index in [2.05, 4.69) is 220 Å². The number of piperazine rings is 3. The molecule has 0 amide bonds. The molecule has 142 heavy (non-hydrogen) atoms. The molecule has 0 bridgehead atoms. The summed E-state index contributed by atoms with van der Waals surface area (Å²) in [7, 11) is 0.746. The van der Waals surface area contributed by atoms with E-state index in [1.807, 2.05) is 109 Å². The van der Waals surface area contributed by atoms with E-state index in [1.165, 1.54) is 60.2 Å². The highest BCUT2D eigenvalue weighted by atomic mass is 32.2. The molecular formula is C120H139N9O12S. The summed E-state index contributed by atoms with van der Waals surface area (Å²) in [6, 6.07) is 105. The lowest BCUT2D eigenvalue weighted by molar-refractivity contribution is -0.385. The normalized spacial score (nSPS) is 16.1. The van der Waals surface area contributed by atoms with Crippen molar-refractivity contribution in [3.63, 3.8) is 0 Å². The fraction of sp³-hybridized carbons (Fsp3) is 0.333. The highest BCUT2D eigenvalue weighted by Crippen LogP contribution is 2.48. The van der Waals surface area contributed by atoms with Gasteiger partial charge in [-0.15, -0.1) is 0 Å². The van der Waals surface area contributed by atoms with Crippen LogP contribution < -0.4 is 14.0 Å². The van der Waals surface area contributed by atoms with Crippen LogP contribution in [0.15, 0.2) is 315 Å². The molecule has 12 aromatic rings. The molecule has 1 aliphatic carbocycles. The Balaban J connectivity index is 0.000000151. The molecule has 4 saturated heterocycles. The first-order valence-corrected chi connectivity index (χ1v) is 52.2. The Morgan fingerprint density at radius 1 is 0.352 bits per heavy atom. The van der Waals surface area contributed by atoms with Crippen LogP contribution in [-0.2, 0) is 23.2 Å². The predicted molar refractivity (Wildman–Crippen MR) is 579 cm³/mol. The number of aliphatic hydroxyl groups excluding tert-OH is 4. The van der Waals surface area contributed by atoms with E-state index in [0.717, 1.165) is 223 Å². The van der Waals surface area contributed by atoms with Crippen molar-refractivity contribution in [3.05, 3.63) is 414 Å². The highest BCUT2D eigenvalue weighted by molar-refractivity contribution is 7.86. The summed E-state index contributed by atoms with van der Waals surface area (Å²) in [5.41, 5.74) is 27.4. The molecule has 1 saturated carbocycles. The second kappa shape index (κ2) is 52.3. The number of non-ortho nitro benzene ring substituents is 2. The molecule has 1 spiro atoms. The average Bonchev–Trinajstić information content (AvgIpc) is 1.56. The molecule has 12 aromatic carbocycles. The van der Waals surface area contributed by atoms with E-state index in [0.29, 0.717) is 56.4 Å². The van der Waals surface area contributed by atoms with E-state index >= 15 is 0 Å². The van der Waals surface area contributed by atoms with Crippen molar-refractivity contribution in [2.45, 2.75) is 116 Å². The molecule has 21 nitrogen and oxygen atoms in total. The molecular weight excluding hydrogens is 1790 g/mol. The van der Waals surface area contributed by atoms with E-state index in [4.69, 9.17) is 4.18 Å². The predicted octanol–water partition coefficient (Wildman–Crippen LogP) is 22.3. The lowest BCUT2D eigenvalue weighted by atomic mass is 9.85. The van der Waals surface area contributed by atoms with Gasteiger partial charge in [-0.1, -0.05) is 231 Å². The summed E-state index contributed by atoms with van der Waals surface area (Å²) in [4.78, 5) is 39.0. The Morgan fingerprint density at radius 2 is 0.641 bits per heavy atom. The average molecular weight is 1930 g/mol. The molecule has 4 heterocycles. The summed E-state index contributed by atoms with van der Waals surface area (Å²) in [6.07, 6.45) is 13.3. The largest absolute Gasteiger partial charge is 0.508 e. The molecule has 22 heteroatoms. The van der Waals surface area contributed by atoms with Crippen molar-refractivity contribution < 1.29 is 48.0 Å². The first kappa shape index (κ1) is 105. The van der Waals surface area contributed by atoms with Gasteiger partial charge in [0.1, 0.15) is 11.5 Å². The van der Waals surface area contributed by atoms with Gasteiger partial charge in [-0.3, -0.25) is 34.9 Å². The third-order valence-electron chi connectivity index (χ3n) is 28.0. The third kappa shape index (κ3) is 29.5. The monoisotopic (exact) mass is 1930 g/mol. The van der Waals surface area contributed by atoms with E-state index in [9.17, 15) is 54.2 Å². The summed E-state index contributed by atoms with van der Waals surface area (Å²) >= 11 is 0. The quantitative estimate of drug-likeness (QED) is 0.0107. The van der Waals surface area contributed by atoms with Gasteiger partial charge in [0.05, 0.1) is 16.1 Å². The zero-order chi connectivity index (χ0) is 99.8. The molecule has 0 unspecified atom stereocenters. The number of aromatic hydroxyl groups is 1. The van der Waals surface area contributed by atoms with E-state index in [-0.39, 0.29) is 59.1 Å². The number of phenols is 1. The third-order valence-corrected chi connectivity index (χ3v) is 28.5. The Labute approximate surface area is 839 Å².